The maximum absolute atomic E-state index is 5.63. The zero-order valence-electron chi connectivity index (χ0n) is 9.43. The van der Waals surface area contributed by atoms with Gasteiger partial charge in [-0.3, -0.25) is 0 Å². The number of benzene rings is 1. The van der Waals surface area contributed by atoms with E-state index >= 15 is 0 Å². The summed E-state index contributed by atoms with van der Waals surface area (Å²) in [6.45, 7) is 0. The van der Waals surface area contributed by atoms with Crippen molar-refractivity contribution in [1.82, 2.24) is 24.7 Å². The van der Waals surface area contributed by atoms with Crippen LogP contribution >= 0.6 is 0 Å². The molecule has 6 nitrogen and oxygen atoms in total. The maximum Gasteiger partial charge on any atom is 0.251 e. The van der Waals surface area contributed by atoms with Crippen LogP contribution in [0.15, 0.2) is 49.1 Å². The van der Waals surface area contributed by atoms with Crippen molar-refractivity contribution >= 4 is 5.69 Å². The Balaban J connectivity index is 1.97. The molecule has 1 aromatic carbocycles. The summed E-state index contributed by atoms with van der Waals surface area (Å²) in [6.07, 6.45) is 4.90. The van der Waals surface area contributed by atoms with Crippen molar-refractivity contribution in [3.8, 4) is 17.3 Å². The molecule has 88 valence electrons. The zero-order valence-corrected chi connectivity index (χ0v) is 9.43. The van der Waals surface area contributed by atoms with Gasteiger partial charge in [0.05, 0.1) is 0 Å². The monoisotopic (exact) mass is 238 g/mol. The van der Waals surface area contributed by atoms with Gasteiger partial charge in [0.1, 0.15) is 6.33 Å². The Kier molecular flexibility index (Phi) is 2.45. The largest absolute Gasteiger partial charge is 0.399 e. The third kappa shape index (κ3) is 1.91. The molecule has 0 saturated heterocycles. The Morgan fingerprint density at radius 3 is 2.39 bits per heavy atom. The first kappa shape index (κ1) is 10.4. The van der Waals surface area contributed by atoms with Crippen molar-refractivity contribution < 1.29 is 0 Å². The van der Waals surface area contributed by atoms with E-state index in [2.05, 4.69) is 20.1 Å². The fourth-order valence-corrected chi connectivity index (χ4v) is 1.53. The Hall–Kier alpha value is -2.76. The van der Waals surface area contributed by atoms with Crippen molar-refractivity contribution in [1.29, 1.82) is 0 Å². The number of nitrogens with two attached hydrogens (primary N) is 1. The second-order valence-electron chi connectivity index (χ2n) is 3.68. The number of anilines is 1. The quantitative estimate of drug-likeness (QED) is 0.680. The number of aromatic nitrogens is 5. The lowest BCUT2D eigenvalue weighted by atomic mass is 10.2. The van der Waals surface area contributed by atoms with Crippen LogP contribution < -0.4 is 5.73 Å². The Bertz CT molecular complexity index is 644. The van der Waals surface area contributed by atoms with E-state index in [9.17, 15) is 0 Å². The lowest BCUT2D eigenvalue weighted by molar-refractivity contribution is 0.808. The third-order valence-electron chi connectivity index (χ3n) is 2.42. The Morgan fingerprint density at radius 1 is 0.944 bits per heavy atom. The van der Waals surface area contributed by atoms with Crippen molar-refractivity contribution in [2.24, 2.45) is 0 Å². The van der Waals surface area contributed by atoms with Gasteiger partial charge in [-0.2, -0.15) is 4.68 Å². The van der Waals surface area contributed by atoms with Crippen molar-refractivity contribution in [3.05, 3.63) is 49.1 Å². The molecule has 0 atom stereocenters. The summed E-state index contributed by atoms with van der Waals surface area (Å²) in [5, 5.41) is 4.32. The van der Waals surface area contributed by atoms with Crippen LogP contribution in [0.4, 0.5) is 5.69 Å². The average molecular weight is 238 g/mol. The van der Waals surface area contributed by atoms with E-state index in [1.165, 1.54) is 4.68 Å². The van der Waals surface area contributed by atoms with Gasteiger partial charge in [0.25, 0.3) is 5.95 Å². The summed E-state index contributed by atoms with van der Waals surface area (Å²) >= 11 is 0. The second kappa shape index (κ2) is 4.25. The van der Waals surface area contributed by atoms with Gasteiger partial charge in [-0.25, -0.2) is 15.0 Å². The van der Waals surface area contributed by atoms with Gasteiger partial charge in [0.15, 0.2) is 5.82 Å². The van der Waals surface area contributed by atoms with Gasteiger partial charge in [0, 0.05) is 23.6 Å². The number of hydrogen-bond donors (Lipinski definition) is 1. The van der Waals surface area contributed by atoms with Crippen molar-refractivity contribution in [3.63, 3.8) is 0 Å². The lowest BCUT2D eigenvalue weighted by Crippen LogP contribution is -2.00. The first-order chi connectivity index (χ1) is 8.83. The van der Waals surface area contributed by atoms with E-state index in [0.717, 1.165) is 5.56 Å². The van der Waals surface area contributed by atoms with E-state index in [4.69, 9.17) is 5.73 Å². The highest BCUT2D eigenvalue weighted by Gasteiger charge is 2.06. The maximum atomic E-state index is 5.63. The van der Waals surface area contributed by atoms with Gasteiger partial charge in [-0.05, 0) is 30.3 Å². The van der Waals surface area contributed by atoms with Crippen molar-refractivity contribution in [2.75, 3.05) is 5.73 Å². The molecule has 0 saturated carbocycles. The molecule has 2 heterocycles. The molecule has 0 spiro atoms. The fraction of sp³-hybridized carbons (Fsp3) is 0. The molecule has 3 aromatic rings. The lowest BCUT2D eigenvalue weighted by Gasteiger charge is -1.97. The SMILES string of the molecule is Nc1ccc(-c2ncn(-c3ncccn3)n2)cc1. The molecule has 18 heavy (non-hydrogen) atoms. The topological polar surface area (TPSA) is 82.5 Å². The Morgan fingerprint density at radius 2 is 1.67 bits per heavy atom. The molecule has 0 unspecified atom stereocenters. The molecule has 2 N–H and O–H groups in total. The fourth-order valence-electron chi connectivity index (χ4n) is 1.53. The van der Waals surface area contributed by atoms with Crippen LogP contribution in [0.5, 0.6) is 0 Å². The predicted octanol–water partition coefficient (Wildman–Crippen LogP) is 1.31. The molecule has 3 rings (SSSR count). The normalized spacial score (nSPS) is 10.4. The van der Waals surface area contributed by atoms with Gasteiger partial charge in [-0.15, -0.1) is 5.10 Å². The van der Waals surface area contributed by atoms with Gasteiger partial charge in [0.2, 0.25) is 0 Å². The first-order valence-corrected chi connectivity index (χ1v) is 5.38. The predicted molar refractivity (Wildman–Crippen MR) is 66.8 cm³/mol. The summed E-state index contributed by atoms with van der Waals surface area (Å²) in [5.41, 5.74) is 7.25. The van der Waals surface area contributed by atoms with Crippen LogP contribution in [0, 0.1) is 0 Å². The average Bonchev–Trinajstić information content (AvgIpc) is 2.90. The molecule has 0 aliphatic heterocycles. The smallest absolute Gasteiger partial charge is 0.251 e. The third-order valence-corrected chi connectivity index (χ3v) is 2.42. The standard InChI is InChI=1S/C12H10N6/c13-10-4-2-9(3-5-10)11-16-8-18(17-11)12-14-6-1-7-15-12/h1-8H,13H2. The molecule has 2 aromatic heterocycles. The summed E-state index contributed by atoms with van der Waals surface area (Å²) in [6, 6.07) is 9.13. The number of hydrogen-bond acceptors (Lipinski definition) is 5. The molecule has 0 radical (unpaired) electrons. The minimum absolute atomic E-state index is 0.492. The van der Waals surface area contributed by atoms with Crippen LogP contribution in [0.1, 0.15) is 0 Å². The van der Waals surface area contributed by atoms with E-state index in [0.29, 0.717) is 17.5 Å². The van der Waals surface area contributed by atoms with Crippen molar-refractivity contribution in [2.45, 2.75) is 0 Å². The Labute approximate surface area is 103 Å². The van der Waals surface area contributed by atoms with E-state index in [1.807, 2.05) is 24.3 Å². The van der Waals surface area contributed by atoms with E-state index < -0.39 is 0 Å². The molecule has 0 aliphatic carbocycles. The minimum Gasteiger partial charge on any atom is -0.399 e. The zero-order chi connectivity index (χ0) is 12.4. The molecule has 0 aliphatic rings. The van der Waals surface area contributed by atoms with Gasteiger partial charge >= 0.3 is 0 Å². The van der Waals surface area contributed by atoms with Gasteiger partial charge < -0.3 is 5.73 Å². The highest BCUT2D eigenvalue weighted by molar-refractivity contribution is 5.58. The first-order valence-electron chi connectivity index (χ1n) is 5.38. The summed E-state index contributed by atoms with van der Waals surface area (Å²) in [7, 11) is 0. The molecule has 0 amide bonds. The van der Waals surface area contributed by atoms with Crippen LogP contribution in [0.25, 0.3) is 17.3 Å². The molecule has 6 heteroatoms. The number of nitrogen functional groups attached to an aromatic ring is 1. The molecule has 0 bridgehead atoms. The van der Waals surface area contributed by atoms with Crippen LogP contribution in [0.3, 0.4) is 0 Å². The summed E-state index contributed by atoms with van der Waals surface area (Å²) < 4.78 is 1.53. The highest BCUT2D eigenvalue weighted by Crippen LogP contribution is 2.16. The summed E-state index contributed by atoms with van der Waals surface area (Å²) in [4.78, 5) is 12.4. The van der Waals surface area contributed by atoms with Gasteiger partial charge in [-0.1, -0.05) is 0 Å². The summed E-state index contributed by atoms with van der Waals surface area (Å²) in [5.74, 6) is 1.11. The van der Waals surface area contributed by atoms with E-state index in [-0.39, 0.29) is 0 Å². The molecular weight excluding hydrogens is 228 g/mol. The van der Waals surface area contributed by atoms with E-state index in [1.54, 1.807) is 24.8 Å². The second-order valence-corrected chi connectivity index (χ2v) is 3.68. The van der Waals surface area contributed by atoms with Crippen LogP contribution in [0.2, 0.25) is 0 Å². The number of rotatable bonds is 2. The molecular formula is C12H10N6. The van der Waals surface area contributed by atoms with Crippen LogP contribution in [-0.4, -0.2) is 24.7 Å². The van der Waals surface area contributed by atoms with Crippen LogP contribution in [-0.2, 0) is 0 Å². The minimum atomic E-state index is 0.492. The number of nitrogens with zero attached hydrogens (tertiary/aromatic N) is 5. The molecule has 0 fully saturated rings. The highest BCUT2D eigenvalue weighted by atomic mass is 15.4.